The molecule has 0 aliphatic heterocycles. The third kappa shape index (κ3) is 3.78. The molecule has 2 aromatic rings. The first kappa shape index (κ1) is 14.5. The summed E-state index contributed by atoms with van der Waals surface area (Å²) in [5.74, 6) is 0.655. The summed E-state index contributed by atoms with van der Waals surface area (Å²) in [6.07, 6.45) is -0.844. The molecule has 2 rings (SSSR count). The molecule has 110 valence electrons. The molecule has 8 nitrogen and oxygen atoms in total. The van der Waals surface area contributed by atoms with E-state index in [2.05, 4.69) is 10.5 Å². The number of aryl methyl sites for hydroxylation is 1. The largest absolute Gasteiger partial charge is 0.481 e. The van der Waals surface area contributed by atoms with E-state index in [0.29, 0.717) is 5.76 Å². The van der Waals surface area contributed by atoms with Crippen molar-refractivity contribution < 1.29 is 19.0 Å². The zero-order valence-corrected chi connectivity index (χ0v) is 11.4. The molecule has 0 fully saturated rings. The summed E-state index contributed by atoms with van der Waals surface area (Å²) < 4.78 is 10.2. The predicted octanol–water partition coefficient (Wildman–Crippen LogP) is 2.30. The molecule has 0 aliphatic rings. The van der Waals surface area contributed by atoms with Crippen molar-refractivity contribution in [2.45, 2.75) is 20.0 Å². The van der Waals surface area contributed by atoms with Crippen LogP contribution in [0.25, 0.3) is 0 Å². The third-order valence-electron chi connectivity index (χ3n) is 2.59. The Hall–Kier alpha value is -2.90. The summed E-state index contributed by atoms with van der Waals surface area (Å²) in [7, 11) is 0. The van der Waals surface area contributed by atoms with E-state index in [1.807, 2.05) is 0 Å². The molecule has 0 radical (unpaired) electrons. The highest BCUT2D eigenvalue weighted by Crippen LogP contribution is 2.20. The number of anilines is 1. The molecule has 0 saturated heterocycles. The van der Waals surface area contributed by atoms with Crippen molar-refractivity contribution in [1.82, 2.24) is 5.16 Å². The highest BCUT2D eigenvalue weighted by molar-refractivity contribution is 5.93. The Balaban J connectivity index is 2.00. The Bertz CT molecular complexity index is 667. The number of hydrogen-bond acceptors (Lipinski definition) is 6. The van der Waals surface area contributed by atoms with Crippen LogP contribution in [0.5, 0.6) is 5.75 Å². The Labute approximate surface area is 119 Å². The fraction of sp³-hybridized carbons (Fsp3) is 0.231. The molecule has 1 unspecified atom stereocenters. The summed E-state index contributed by atoms with van der Waals surface area (Å²) in [6.45, 7) is 3.23. The van der Waals surface area contributed by atoms with E-state index >= 15 is 0 Å². The van der Waals surface area contributed by atoms with Crippen molar-refractivity contribution >= 4 is 17.4 Å². The van der Waals surface area contributed by atoms with Crippen LogP contribution in [0, 0.1) is 17.0 Å². The smallest absolute Gasteiger partial charge is 0.273 e. The Kier molecular flexibility index (Phi) is 4.17. The van der Waals surface area contributed by atoms with Crippen LogP contribution in [0.15, 0.2) is 34.9 Å². The maximum Gasteiger partial charge on any atom is 0.273 e. The quantitative estimate of drug-likeness (QED) is 0.669. The molecular formula is C13H13N3O5. The molecule has 21 heavy (non-hydrogen) atoms. The second-order valence-electron chi connectivity index (χ2n) is 4.33. The van der Waals surface area contributed by atoms with Gasteiger partial charge in [-0.15, -0.1) is 0 Å². The average Bonchev–Trinajstić information content (AvgIpc) is 2.84. The Morgan fingerprint density at radius 2 is 2.24 bits per heavy atom. The number of rotatable bonds is 5. The second-order valence-corrected chi connectivity index (χ2v) is 4.33. The number of aromatic nitrogens is 1. The number of amides is 1. The van der Waals surface area contributed by atoms with Crippen molar-refractivity contribution in [3.63, 3.8) is 0 Å². The van der Waals surface area contributed by atoms with E-state index in [-0.39, 0.29) is 17.3 Å². The van der Waals surface area contributed by atoms with Crippen molar-refractivity contribution in [2.24, 2.45) is 0 Å². The minimum atomic E-state index is -0.844. The molecule has 0 spiro atoms. The maximum atomic E-state index is 11.9. The van der Waals surface area contributed by atoms with E-state index in [1.165, 1.54) is 31.2 Å². The molecular weight excluding hydrogens is 278 g/mol. The van der Waals surface area contributed by atoms with Gasteiger partial charge in [0.25, 0.3) is 11.6 Å². The summed E-state index contributed by atoms with van der Waals surface area (Å²) in [6, 6.07) is 7.19. The number of carbonyl (C=O) groups is 1. The minimum Gasteiger partial charge on any atom is -0.481 e. The van der Waals surface area contributed by atoms with Gasteiger partial charge < -0.3 is 14.6 Å². The van der Waals surface area contributed by atoms with E-state index < -0.39 is 16.9 Å². The van der Waals surface area contributed by atoms with Gasteiger partial charge in [0, 0.05) is 12.1 Å². The minimum absolute atomic E-state index is 0.104. The molecule has 8 heteroatoms. The fourth-order valence-corrected chi connectivity index (χ4v) is 1.58. The molecule has 1 aromatic carbocycles. The van der Waals surface area contributed by atoms with Crippen molar-refractivity contribution in [3.8, 4) is 5.75 Å². The van der Waals surface area contributed by atoms with Crippen LogP contribution in [0.4, 0.5) is 11.5 Å². The molecule has 0 saturated carbocycles. The number of non-ortho nitro benzene ring substituents is 1. The summed E-state index contributed by atoms with van der Waals surface area (Å²) >= 11 is 0. The van der Waals surface area contributed by atoms with Crippen LogP contribution in [0.1, 0.15) is 12.7 Å². The number of benzene rings is 1. The van der Waals surface area contributed by atoms with Crippen LogP contribution in [0.3, 0.4) is 0 Å². The molecule has 1 N–H and O–H groups in total. The van der Waals surface area contributed by atoms with Crippen LogP contribution in [-0.2, 0) is 4.79 Å². The number of nitrogens with zero attached hydrogens (tertiary/aromatic N) is 2. The van der Waals surface area contributed by atoms with Gasteiger partial charge in [-0.3, -0.25) is 14.9 Å². The van der Waals surface area contributed by atoms with Crippen LogP contribution in [0.2, 0.25) is 0 Å². The highest BCUT2D eigenvalue weighted by Gasteiger charge is 2.17. The monoisotopic (exact) mass is 291 g/mol. The van der Waals surface area contributed by atoms with Gasteiger partial charge in [-0.2, -0.15) is 0 Å². The number of nitro groups is 1. The van der Waals surface area contributed by atoms with Gasteiger partial charge in [-0.25, -0.2) is 0 Å². The fourth-order valence-electron chi connectivity index (χ4n) is 1.58. The first-order chi connectivity index (χ1) is 9.95. The lowest BCUT2D eigenvalue weighted by Crippen LogP contribution is -2.30. The first-order valence-corrected chi connectivity index (χ1v) is 6.11. The molecule has 1 heterocycles. The first-order valence-electron chi connectivity index (χ1n) is 6.11. The third-order valence-corrected chi connectivity index (χ3v) is 2.59. The van der Waals surface area contributed by atoms with Crippen LogP contribution < -0.4 is 10.1 Å². The van der Waals surface area contributed by atoms with Crippen molar-refractivity contribution in [3.05, 3.63) is 46.2 Å². The van der Waals surface area contributed by atoms with Crippen LogP contribution in [-0.4, -0.2) is 22.1 Å². The number of hydrogen-bond donors (Lipinski definition) is 1. The predicted molar refractivity (Wildman–Crippen MR) is 73.1 cm³/mol. The number of carbonyl (C=O) groups excluding carboxylic acids is 1. The second kappa shape index (κ2) is 6.04. The number of nitrogens with one attached hydrogen (secondary N) is 1. The van der Waals surface area contributed by atoms with Crippen LogP contribution >= 0.6 is 0 Å². The Morgan fingerprint density at radius 1 is 1.48 bits per heavy atom. The van der Waals surface area contributed by atoms with Gasteiger partial charge in [-0.05, 0) is 19.9 Å². The Morgan fingerprint density at radius 3 is 2.86 bits per heavy atom. The van der Waals surface area contributed by atoms with Gasteiger partial charge in [0.2, 0.25) is 0 Å². The number of nitro benzene ring substituents is 1. The average molecular weight is 291 g/mol. The summed E-state index contributed by atoms with van der Waals surface area (Å²) in [5.41, 5.74) is -0.104. The van der Waals surface area contributed by atoms with Gasteiger partial charge in [0.1, 0.15) is 11.5 Å². The lowest BCUT2D eigenvalue weighted by molar-refractivity contribution is -0.384. The maximum absolute atomic E-state index is 11.9. The SMILES string of the molecule is Cc1cc(NC(=O)C(C)Oc2cccc([N+](=O)[O-])c2)no1. The molecule has 1 amide bonds. The lowest BCUT2D eigenvalue weighted by atomic mass is 10.3. The van der Waals surface area contributed by atoms with E-state index in [9.17, 15) is 14.9 Å². The van der Waals surface area contributed by atoms with E-state index in [0.717, 1.165) is 0 Å². The normalized spacial score (nSPS) is 11.7. The van der Waals surface area contributed by atoms with Crippen molar-refractivity contribution in [2.75, 3.05) is 5.32 Å². The van der Waals surface area contributed by atoms with E-state index in [4.69, 9.17) is 9.26 Å². The molecule has 0 bridgehead atoms. The highest BCUT2D eigenvalue weighted by atomic mass is 16.6. The van der Waals surface area contributed by atoms with Gasteiger partial charge in [0.05, 0.1) is 11.0 Å². The zero-order valence-electron chi connectivity index (χ0n) is 11.4. The molecule has 0 aliphatic carbocycles. The molecule has 1 aromatic heterocycles. The summed E-state index contributed by atoms with van der Waals surface area (Å²) in [4.78, 5) is 22.0. The topological polar surface area (TPSA) is 108 Å². The summed E-state index contributed by atoms with van der Waals surface area (Å²) in [5, 5.41) is 16.8. The van der Waals surface area contributed by atoms with Gasteiger partial charge in [-0.1, -0.05) is 11.2 Å². The molecule has 1 atom stereocenters. The standard InChI is InChI=1S/C13H13N3O5/c1-8-6-12(15-21-8)14-13(17)9(2)20-11-5-3-4-10(7-11)16(18)19/h3-7,9H,1-2H3,(H,14,15,17). The number of ether oxygens (including phenoxy) is 1. The zero-order chi connectivity index (χ0) is 15.4. The van der Waals surface area contributed by atoms with Gasteiger partial charge in [0.15, 0.2) is 11.9 Å². The van der Waals surface area contributed by atoms with E-state index in [1.54, 1.807) is 13.0 Å². The van der Waals surface area contributed by atoms with Crippen molar-refractivity contribution in [1.29, 1.82) is 0 Å². The lowest BCUT2D eigenvalue weighted by Gasteiger charge is -2.13. The van der Waals surface area contributed by atoms with Gasteiger partial charge >= 0.3 is 0 Å².